The fraction of sp³-hybridized carbons (Fsp3) is 0.583. The van der Waals surface area contributed by atoms with Gasteiger partial charge in [0, 0.05) is 0 Å². The van der Waals surface area contributed by atoms with Crippen LogP contribution in [-0.2, 0) is 18.7 Å². The van der Waals surface area contributed by atoms with Crippen LogP contribution < -0.4 is 0 Å². The van der Waals surface area contributed by atoms with Gasteiger partial charge >= 0.3 is 296 Å². The van der Waals surface area contributed by atoms with Gasteiger partial charge in [0.2, 0.25) is 0 Å². The van der Waals surface area contributed by atoms with E-state index in [9.17, 15) is 0 Å². The number of hydrogen-bond donors (Lipinski definition) is 0. The van der Waals surface area contributed by atoms with Crippen molar-refractivity contribution in [3.63, 3.8) is 0 Å². The number of nitrogens with zero attached hydrogens (tertiary/aromatic N) is 3. The minimum absolute atomic E-state index is 0.558. The molecule has 0 amide bonds. The molecule has 0 aliphatic rings. The smallest absolute Gasteiger partial charge is 0.0535 e. The molecule has 5 heteroatoms. The van der Waals surface area contributed by atoms with Crippen LogP contribution in [0.5, 0.6) is 0 Å². The third-order valence-corrected chi connectivity index (χ3v) is 11.8. The average molecular weight is 832 g/mol. The molecule has 3 nitrogen and oxygen atoms in total. The molecule has 4 rings (SSSR count). The van der Waals surface area contributed by atoms with Crippen molar-refractivity contribution in [3.8, 4) is 11.4 Å². The fourth-order valence-corrected chi connectivity index (χ4v) is 9.33. The number of aromatic nitrogens is 3. The molecule has 2 aromatic heterocycles. The summed E-state index contributed by atoms with van der Waals surface area (Å²) < 4.78 is 6.30. The molecular formula is C48H71ClN3Pd-. The van der Waals surface area contributed by atoms with E-state index in [2.05, 4.69) is 143 Å². The molecule has 0 bridgehead atoms. The van der Waals surface area contributed by atoms with Gasteiger partial charge in [-0.2, -0.15) is 6.07 Å². The number of imidazole rings is 1. The number of pyridine rings is 1. The molecule has 0 aliphatic carbocycles. The van der Waals surface area contributed by atoms with E-state index in [0.717, 1.165) is 0 Å². The third-order valence-electron chi connectivity index (χ3n) is 10.8. The van der Waals surface area contributed by atoms with Crippen LogP contribution in [-0.4, -0.2) is 14.1 Å². The van der Waals surface area contributed by atoms with Crippen molar-refractivity contribution in [2.24, 2.45) is 0 Å². The molecule has 0 radical (unpaired) electrons. The quantitative estimate of drug-likeness (QED) is 0.0571. The Morgan fingerprint density at radius 2 is 0.811 bits per heavy atom. The summed E-state index contributed by atoms with van der Waals surface area (Å²) in [5.41, 5.74) is 9.10. The summed E-state index contributed by atoms with van der Waals surface area (Å²) in [6.07, 6.45) is 28.7. The van der Waals surface area contributed by atoms with Gasteiger partial charge in [-0.3, -0.25) is 0 Å². The maximum Gasteiger partial charge on any atom is -0.0535 e. The second-order valence-electron chi connectivity index (χ2n) is 15.0. The van der Waals surface area contributed by atoms with Gasteiger partial charge in [-0.25, -0.2) is 0 Å². The minimum atomic E-state index is 0.558. The molecule has 2 heterocycles. The zero-order valence-electron chi connectivity index (χ0n) is 34.5. The molecule has 53 heavy (non-hydrogen) atoms. The summed E-state index contributed by atoms with van der Waals surface area (Å²) >= 11 is 9.34. The van der Waals surface area contributed by atoms with Gasteiger partial charge in [0.15, 0.2) is 0 Å². The molecule has 0 saturated carbocycles. The van der Waals surface area contributed by atoms with E-state index in [1.807, 2.05) is 0 Å². The molecule has 0 atom stereocenters. The summed E-state index contributed by atoms with van der Waals surface area (Å²) in [6.45, 7) is 18.8. The first kappa shape index (κ1) is 45.1. The van der Waals surface area contributed by atoms with Crippen LogP contribution in [0.2, 0.25) is 5.02 Å². The largest absolute Gasteiger partial charge is 0.393 e. The van der Waals surface area contributed by atoms with E-state index in [4.69, 9.17) is 11.6 Å². The Bertz CT molecular complexity index is 1450. The molecule has 0 spiro atoms. The molecule has 0 aliphatic heterocycles. The van der Waals surface area contributed by atoms with Crippen molar-refractivity contribution < 1.29 is 18.7 Å². The Kier molecular flexibility index (Phi) is 21.3. The maximum absolute atomic E-state index is 5.42. The van der Waals surface area contributed by atoms with Crippen LogP contribution in [0.15, 0.2) is 67.1 Å². The van der Waals surface area contributed by atoms with E-state index in [1.54, 1.807) is 40.6 Å². The van der Waals surface area contributed by atoms with E-state index >= 15 is 0 Å². The van der Waals surface area contributed by atoms with Crippen molar-refractivity contribution in [2.75, 3.05) is 0 Å². The Balaban J connectivity index is 0.000000964. The number of halogens is 1. The SMILES string of the molecule is CCCC(CCC)c1cccc(C(CCC)CCC)c1-n1ccn(-c2c(C(CCC)CCC)cccc2C(CCC)CCC)[c]1=[Pd].Clc1[c-]nccc1. The zero-order chi connectivity index (χ0) is 38.6. The first-order valence-corrected chi connectivity index (χ1v) is 22.5. The summed E-state index contributed by atoms with van der Waals surface area (Å²) in [4.78, 5) is 3.63. The maximum atomic E-state index is 5.42. The van der Waals surface area contributed by atoms with Gasteiger partial charge in [-0.15, -0.1) is 17.7 Å². The van der Waals surface area contributed by atoms with Crippen LogP contribution in [0, 0.1) is 10.1 Å². The zero-order valence-corrected chi connectivity index (χ0v) is 36.8. The van der Waals surface area contributed by atoms with Crippen molar-refractivity contribution in [3.05, 3.63) is 104 Å². The fourth-order valence-electron chi connectivity index (χ4n) is 8.63. The average Bonchev–Trinajstić information content (AvgIpc) is 3.54. The molecule has 0 saturated heterocycles. The molecule has 296 valence electrons. The normalized spacial score (nSPS) is 11.6. The molecule has 0 N–H and O–H groups in total. The second kappa shape index (κ2) is 25.0. The van der Waals surface area contributed by atoms with Crippen LogP contribution in [0.3, 0.4) is 0 Å². The number of para-hydroxylation sites is 2. The van der Waals surface area contributed by atoms with Crippen LogP contribution >= 0.6 is 11.6 Å². The Morgan fingerprint density at radius 3 is 1.02 bits per heavy atom. The van der Waals surface area contributed by atoms with Crippen LogP contribution in [0.4, 0.5) is 0 Å². The van der Waals surface area contributed by atoms with Gasteiger partial charge in [0.1, 0.15) is 0 Å². The van der Waals surface area contributed by atoms with Crippen molar-refractivity contribution >= 4 is 11.6 Å². The minimum Gasteiger partial charge on any atom is -0.393 e. The monoisotopic (exact) mass is 830 g/mol. The molecule has 0 unspecified atom stereocenters. The summed E-state index contributed by atoms with van der Waals surface area (Å²) in [6, 6.07) is 18.1. The molecule has 0 fully saturated rings. The van der Waals surface area contributed by atoms with Crippen molar-refractivity contribution in [1.82, 2.24) is 14.1 Å². The molecular weight excluding hydrogens is 760 g/mol. The van der Waals surface area contributed by atoms with Crippen molar-refractivity contribution in [2.45, 2.75) is 182 Å². The van der Waals surface area contributed by atoms with E-state index in [1.165, 1.54) is 118 Å². The third kappa shape index (κ3) is 12.6. The molecule has 4 aromatic rings. The summed E-state index contributed by atoms with van der Waals surface area (Å²) in [5, 5.41) is 0.558. The van der Waals surface area contributed by atoms with Crippen LogP contribution in [0.1, 0.15) is 204 Å². The Labute approximate surface area is 340 Å². The number of benzene rings is 2. The molecule has 2 aromatic carbocycles. The van der Waals surface area contributed by atoms with E-state index in [0.29, 0.717) is 28.7 Å². The summed E-state index contributed by atoms with van der Waals surface area (Å²) in [5.74, 6) is 2.34. The van der Waals surface area contributed by atoms with Crippen molar-refractivity contribution in [1.29, 1.82) is 0 Å². The first-order chi connectivity index (χ1) is 25.8. The van der Waals surface area contributed by atoms with E-state index < -0.39 is 0 Å². The standard InChI is InChI=1S/C43H68N2.C5H3ClN.Pd/c1-9-19-34(20-10-2)38-27-17-28-39(35(21-11-3)22-12-4)42(38)44-31-32-45(33-44)43-40(36(23-13-5)24-14-6)29-18-30-41(43)37(25-15-7)26-16-8;6-5-2-1-3-7-4-5;/h17-18,27-32,34-37H,9-16,19-26H2,1-8H3;1-3H;/q;-1;. The first-order valence-electron chi connectivity index (χ1n) is 21.3. The van der Waals surface area contributed by atoms with Crippen LogP contribution in [0.25, 0.3) is 11.4 Å². The van der Waals surface area contributed by atoms with Gasteiger partial charge in [-0.05, 0) is 0 Å². The summed E-state index contributed by atoms with van der Waals surface area (Å²) in [7, 11) is 0. The second-order valence-corrected chi connectivity index (χ2v) is 16.1. The van der Waals surface area contributed by atoms with Gasteiger partial charge in [0.25, 0.3) is 0 Å². The van der Waals surface area contributed by atoms with Gasteiger partial charge in [-0.1, -0.05) is 17.4 Å². The number of rotatable bonds is 22. The van der Waals surface area contributed by atoms with Gasteiger partial charge < -0.3 is 4.98 Å². The van der Waals surface area contributed by atoms with Gasteiger partial charge in [0.05, 0.1) is 0 Å². The Hall–Kier alpha value is -2.25. The topological polar surface area (TPSA) is 22.8 Å². The predicted molar refractivity (Wildman–Crippen MR) is 227 cm³/mol. The predicted octanol–water partition coefficient (Wildman–Crippen LogP) is 15.6. The number of hydrogen-bond acceptors (Lipinski definition) is 1. The van der Waals surface area contributed by atoms with E-state index in [-0.39, 0.29) is 0 Å². The Morgan fingerprint density at radius 1 is 0.509 bits per heavy atom.